The molecule has 0 aliphatic carbocycles. The van der Waals surface area contributed by atoms with Gasteiger partial charge in [0.25, 0.3) is 11.5 Å². The minimum Gasteiger partial charge on any atom is -0.383 e. The predicted octanol–water partition coefficient (Wildman–Crippen LogP) is -0.0953. The molecule has 0 unspecified atom stereocenters. The van der Waals surface area contributed by atoms with E-state index >= 15 is 0 Å². The van der Waals surface area contributed by atoms with Crippen molar-refractivity contribution in [1.82, 2.24) is 24.6 Å². The van der Waals surface area contributed by atoms with Crippen molar-refractivity contribution in [1.29, 1.82) is 0 Å². The summed E-state index contributed by atoms with van der Waals surface area (Å²) in [5.41, 5.74) is -0.0618. The summed E-state index contributed by atoms with van der Waals surface area (Å²) >= 11 is 0. The topological polar surface area (TPSA) is 91.0 Å². The summed E-state index contributed by atoms with van der Waals surface area (Å²) in [5, 5.41) is 6.89. The Hall–Kier alpha value is -2.48. The fourth-order valence-corrected chi connectivity index (χ4v) is 1.96. The van der Waals surface area contributed by atoms with E-state index in [9.17, 15) is 9.59 Å². The first-order chi connectivity index (χ1) is 10.6. The molecule has 0 fully saturated rings. The first-order valence-corrected chi connectivity index (χ1v) is 6.94. The van der Waals surface area contributed by atoms with E-state index in [1.807, 2.05) is 17.7 Å². The van der Waals surface area contributed by atoms with Gasteiger partial charge in [-0.3, -0.25) is 9.59 Å². The molecule has 0 aromatic carbocycles. The molecular formula is C14H19N5O3. The van der Waals surface area contributed by atoms with Crippen LogP contribution in [-0.2, 0) is 17.8 Å². The summed E-state index contributed by atoms with van der Waals surface area (Å²) in [6.07, 6.45) is 5.19. The second-order valence-corrected chi connectivity index (χ2v) is 4.91. The highest BCUT2D eigenvalue weighted by atomic mass is 16.5. The highest BCUT2D eigenvalue weighted by Crippen LogP contribution is 1.96. The molecule has 2 heterocycles. The van der Waals surface area contributed by atoms with Gasteiger partial charge < -0.3 is 14.6 Å². The first kappa shape index (κ1) is 15.9. The van der Waals surface area contributed by atoms with Gasteiger partial charge in [-0.15, -0.1) is 0 Å². The second kappa shape index (κ2) is 7.51. The number of carbonyl (C=O) groups is 1. The van der Waals surface area contributed by atoms with Crippen LogP contribution in [0.1, 0.15) is 17.4 Å². The number of nitrogens with one attached hydrogen (secondary N) is 1. The number of rotatable bonds is 7. The summed E-state index contributed by atoms with van der Waals surface area (Å²) < 4.78 is 8.01. The Morgan fingerprint density at radius 1 is 1.45 bits per heavy atom. The molecule has 8 heteroatoms. The maximum Gasteiger partial charge on any atom is 0.271 e. The lowest BCUT2D eigenvalue weighted by Gasteiger charge is -2.14. The van der Waals surface area contributed by atoms with Crippen LogP contribution >= 0.6 is 0 Å². The van der Waals surface area contributed by atoms with Crippen LogP contribution in [0.5, 0.6) is 0 Å². The van der Waals surface area contributed by atoms with E-state index in [1.54, 1.807) is 19.6 Å². The standard InChI is InChI=1S/C14H19N5O3/c1-11(9-18-6-5-15-10-18)16-14(21)12-3-4-13(20)19(17-12)7-8-22-2/h3-6,10-11H,7-9H2,1-2H3,(H,16,21)/t11-/m1/s1. The molecule has 2 rings (SSSR count). The number of hydrogen-bond donors (Lipinski definition) is 1. The summed E-state index contributed by atoms with van der Waals surface area (Å²) in [6.45, 7) is 3.16. The zero-order chi connectivity index (χ0) is 15.9. The van der Waals surface area contributed by atoms with Crippen LogP contribution in [0.4, 0.5) is 0 Å². The van der Waals surface area contributed by atoms with Gasteiger partial charge in [0.05, 0.1) is 19.5 Å². The Morgan fingerprint density at radius 3 is 2.95 bits per heavy atom. The van der Waals surface area contributed by atoms with Gasteiger partial charge in [-0.25, -0.2) is 9.67 Å². The summed E-state index contributed by atoms with van der Waals surface area (Å²) in [7, 11) is 1.54. The Kier molecular flexibility index (Phi) is 5.42. The Labute approximate surface area is 127 Å². The maximum absolute atomic E-state index is 12.2. The minimum atomic E-state index is -0.321. The molecular weight excluding hydrogens is 286 g/mol. The number of hydrogen-bond acceptors (Lipinski definition) is 5. The molecule has 0 radical (unpaired) electrons. The van der Waals surface area contributed by atoms with E-state index in [0.717, 1.165) is 0 Å². The monoisotopic (exact) mass is 305 g/mol. The molecule has 0 aliphatic heterocycles. The minimum absolute atomic E-state index is 0.0946. The molecule has 0 aliphatic rings. The van der Waals surface area contributed by atoms with E-state index in [1.165, 1.54) is 16.8 Å². The highest BCUT2D eigenvalue weighted by molar-refractivity contribution is 5.92. The number of aromatic nitrogens is 4. The lowest BCUT2D eigenvalue weighted by Crippen LogP contribution is -2.37. The van der Waals surface area contributed by atoms with Gasteiger partial charge in [0.2, 0.25) is 0 Å². The average molecular weight is 305 g/mol. The van der Waals surface area contributed by atoms with Gasteiger partial charge in [0, 0.05) is 38.2 Å². The fourth-order valence-electron chi connectivity index (χ4n) is 1.96. The van der Waals surface area contributed by atoms with Crippen LogP contribution in [0.2, 0.25) is 0 Å². The van der Waals surface area contributed by atoms with Crippen LogP contribution in [0.25, 0.3) is 0 Å². The van der Waals surface area contributed by atoms with Gasteiger partial charge >= 0.3 is 0 Å². The molecule has 0 spiro atoms. The molecule has 1 N–H and O–H groups in total. The number of imidazole rings is 1. The van der Waals surface area contributed by atoms with Crippen molar-refractivity contribution >= 4 is 5.91 Å². The molecule has 0 bridgehead atoms. The highest BCUT2D eigenvalue weighted by Gasteiger charge is 2.13. The third kappa shape index (κ3) is 4.26. The SMILES string of the molecule is COCCn1nc(C(=O)N[C@H](C)Cn2ccnc2)ccc1=O. The summed E-state index contributed by atoms with van der Waals surface area (Å²) in [5.74, 6) is -0.321. The van der Waals surface area contributed by atoms with Gasteiger partial charge in [0.1, 0.15) is 5.69 Å². The first-order valence-electron chi connectivity index (χ1n) is 6.94. The Bertz CT molecular complexity index is 665. The third-order valence-corrected chi connectivity index (χ3v) is 3.03. The smallest absolute Gasteiger partial charge is 0.271 e. The Morgan fingerprint density at radius 2 is 2.27 bits per heavy atom. The van der Waals surface area contributed by atoms with Crippen LogP contribution in [0, 0.1) is 0 Å². The van der Waals surface area contributed by atoms with E-state index in [-0.39, 0.29) is 23.2 Å². The van der Waals surface area contributed by atoms with Gasteiger partial charge in [0.15, 0.2) is 0 Å². The van der Waals surface area contributed by atoms with E-state index in [0.29, 0.717) is 19.7 Å². The molecule has 2 aromatic heterocycles. The van der Waals surface area contributed by atoms with Crippen LogP contribution < -0.4 is 10.9 Å². The number of carbonyl (C=O) groups excluding carboxylic acids is 1. The molecule has 2 aromatic rings. The number of nitrogens with zero attached hydrogens (tertiary/aromatic N) is 4. The number of ether oxygens (including phenoxy) is 1. The number of amides is 1. The fraction of sp³-hybridized carbons (Fsp3) is 0.429. The molecule has 8 nitrogen and oxygen atoms in total. The summed E-state index contributed by atoms with van der Waals surface area (Å²) in [4.78, 5) is 27.8. The molecule has 0 saturated carbocycles. The van der Waals surface area contributed by atoms with Crippen LogP contribution in [-0.4, -0.2) is 45.0 Å². The normalized spacial score (nSPS) is 12.1. The van der Waals surface area contributed by atoms with Crippen molar-refractivity contribution in [2.75, 3.05) is 13.7 Å². The van der Waals surface area contributed by atoms with Gasteiger partial charge in [-0.1, -0.05) is 0 Å². The van der Waals surface area contributed by atoms with Crippen LogP contribution in [0.15, 0.2) is 35.6 Å². The predicted molar refractivity (Wildman–Crippen MR) is 79.5 cm³/mol. The Balaban J connectivity index is 2.01. The van der Waals surface area contributed by atoms with Crippen molar-refractivity contribution in [3.63, 3.8) is 0 Å². The maximum atomic E-state index is 12.2. The third-order valence-electron chi connectivity index (χ3n) is 3.03. The van der Waals surface area contributed by atoms with Gasteiger partial charge in [-0.05, 0) is 13.0 Å². The van der Waals surface area contributed by atoms with Gasteiger partial charge in [-0.2, -0.15) is 5.10 Å². The zero-order valence-corrected chi connectivity index (χ0v) is 12.6. The molecule has 1 atom stereocenters. The largest absolute Gasteiger partial charge is 0.383 e. The van der Waals surface area contributed by atoms with Crippen molar-refractivity contribution in [2.24, 2.45) is 0 Å². The van der Waals surface area contributed by atoms with E-state index in [2.05, 4.69) is 15.4 Å². The molecule has 22 heavy (non-hydrogen) atoms. The van der Waals surface area contributed by atoms with E-state index < -0.39 is 0 Å². The van der Waals surface area contributed by atoms with Crippen molar-refractivity contribution < 1.29 is 9.53 Å². The molecule has 0 saturated heterocycles. The lowest BCUT2D eigenvalue weighted by atomic mass is 10.3. The van der Waals surface area contributed by atoms with Crippen molar-refractivity contribution in [3.05, 3.63) is 46.9 Å². The summed E-state index contributed by atoms with van der Waals surface area (Å²) in [6, 6.07) is 2.66. The molecule has 118 valence electrons. The quantitative estimate of drug-likeness (QED) is 0.771. The second-order valence-electron chi connectivity index (χ2n) is 4.91. The van der Waals surface area contributed by atoms with Crippen molar-refractivity contribution in [2.45, 2.75) is 26.1 Å². The van der Waals surface area contributed by atoms with Crippen LogP contribution in [0.3, 0.4) is 0 Å². The lowest BCUT2D eigenvalue weighted by molar-refractivity contribution is 0.0928. The molecule has 1 amide bonds. The van der Waals surface area contributed by atoms with E-state index in [4.69, 9.17) is 4.74 Å². The zero-order valence-electron chi connectivity index (χ0n) is 12.6. The number of methoxy groups -OCH3 is 1. The average Bonchev–Trinajstić information content (AvgIpc) is 2.99. The van der Waals surface area contributed by atoms with Crippen molar-refractivity contribution in [3.8, 4) is 0 Å².